The second-order valence-corrected chi connectivity index (χ2v) is 5.44. The molecule has 0 heterocycles. The zero-order chi connectivity index (χ0) is 14.0. The van der Waals surface area contributed by atoms with E-state index >= 15 is 0 Å². The molecular weight excluding hydrogens is 327 g/mol. The molecule has 19 heavy (non-hydrogen) atoms. The highest BCUT2D eigenvalue weighted by molar-refractivity contribution is 9.10. The molecule has 0 spiro atoms. The Morgan fingerprint density at radius 1 is 1.26 bits per heavy atom. The fourth-order valence-electron chi connectivity index (χ4n) is 1.65. The standard InChI is InChI=1S/C14H12BrFN2S/c1-8-6-10(3-4-11(8)15)18-13-5-2-9(14(17)19)7-12(13)16/h2-7,18H,1H3,(H2,17,19). The van der Waals surface area contributed by atoms with Gasteiger partial charge in [0, 0.05) is 15.7 Å². The van der Waals surface area contributed by atoms with Crippen molar-refractivity contribution in [1.82, 2.24) is 0 Å². The highest BCUT2D eigenvalue weighted by Gasteiger charge is 2.06. The van der Waals surface area contributed by atoms with Crippen molar-refractivity contribution in [2.45, 2.75) is 6.92 Å². The molecule has 98 valence electrons. The molecule has 0 aliphatic heterocycles. The number of halogens is 2. The van der Waals surface area contributed by atoms with E-state index in [-0.39, 0.29) is 10.8 Å². The smallest absolute Gasteiger partial charge is 0.147 e. The molecule has 2 nitrogen and oxygen atoms in total. The summed E-state index contributed by atoms with van der Waals surface area (Å²) in [7, 11) is 0. The van der Waals surface area contributed by atoms with Crippen molar-refractivity contribution in [2.75, 3.05) is 5.32 Å². The van der Waals surface area contributed by atoms with Gasteiger partial charge in [0.25, 0.3) is 0 Å². The summed E-state index contributed by atoms with van der Waals surface area (Å²) in [6.07, 6.45) is 0. The SMILES string of the molecule is Cc1cc(Nc2ccc(C(N)=S)cc2F)ccc1Br. The lowest BCUT2D eigenvalue weighted by Gasteiger charge is -2.10. The fraction of sp³-hybridized carbons (Fsp3) is 0.0714. The Bertz CT molecular complexity index is 643. The van der Waals surface area contributed by atoms with Crippen LogP contribution in [0.4, 0.5) is 15.8 Å². The average molecular weight is 339 g/mol. The summed E-state index contributed by atoms with van der Waals surface area (Å²) in [5.41, 5.74) is 8.27. The molecule has 5 heteroatoms. The maximum absolute atomic E-state index is 13.9. The van der Waals surface area contributed by atoms with Crippen LogP contribution in [-0.4, -0.2) is 4.99 Å². The van der Waals surface area contributed by atoms with Crippen LogP contribution in [0.15, 0.2) is 40.9 Å². The molecule has 0 bridgehead atoms. The number of anilines is 2. The van der Waals surface area contributed by atoms with Gasteiger partial charge in [-0.3, -0.25) is 0 Å². The first kappa shape index (κ1) is 14.0. The number of aryl methyl sites for hydroxylation is 1. The first-order chi connectivity index (χ1) is 8.97. The van der Waals surface area contributed by atoms with Crippen LogP contribution in [0.25, 0.3) is 0 Å². The van der Waals surface area contributed by atoms with E-state index in [9.17, 15) is 4.39 Å². The van der Waals surface area contributed by atoms with Crippen molar-refractivity contribution >= 4 is 44.5 Å². The van der Waals surface area contributed by atoms with Crippen molar-refractivity contribution in [2.24, 2.45) is 5.73 Å². The second-order valence-electron chi connectivity index (χ2n) is 4.15. The number of benzene rings is 2. The minimum absolute atomic E-state index is 0.185. The number of nitrogens with one attached hydrogen (secondary N) is 1. The fourth-order valence-corrected chi connectivity index (χ4v) is 2.02. The Kier molecular flexibility index (Phi) is 4.17. The van der Waals surface area contributed by atoms with Gasteiger partial charge >= 0.3 is 0 Å². The summed E-state index contributed by atoms with van der Waals surface area (Å²) in [5, 5.41) is 3.03. The molecule has 0 amide bonds. The average Bonchev–Trinajstić information content (AvgIpc) is 2.36. The molecule has 0 unspecified atom stereocenters. The van der Waals surface area contributed by atoms with Gasteiger partial charge in [0.2, 0.25) is 0 Å². The van der Waals surface area contributed by atoms with Gasteiger partial charge < -0.3 is 11.1 Å². The maximum atomic E-state index is 13.9. The van der Waals surface area contributed by atoms with E-state index in [4.69, 9.17) is 18.0 Å². The van der Waals surface area contributed by atoms with E-state index in [1.165, 1.54) is 6.07 Å². The van der Waals surface area contributed by atoms with Crippen LogP contribution >= 0.6 is 28.1 Å². The summed E-state index contributed by atoms with van der Waals surface area (Å²) in [5.74, 6) is -0.383. The zero-order valence-electron chi connectivity index (χ0n) is 10.2. The summed E-state index contributed by atoms with van der Waals surface area (Å²) in [6.45, 7) is 1.97. The van der Waals surface area contributed by atoms with E-state index in [1.54, 1.807) is 12.1 Å². The number of nitrogens with two attached hydrogens (primary N) is 1. The summed E-state index contributed by atoms with van der Waals surface area (Å²) < 4.78 is 14.9. The Hall–Kier alpha value is -1.46. The minimum atomic E-state index is -0.383. The highest BCUT2D eigenvalue weighted by Crippen LogP contribution is 2.25. The van der Waals surface area contributed by atoms with E-state index in [0.29, 0.717) is 11.3 Å². The topological polar surface area (TPSA) is 38.0 Å². The van der Waals surface area contributed by atoms with Crippen molar-refractivity contribution < 1.29 is 4.39 Å². The van der Waals surface area contributed by atoms with Gasteiger partial charge in [-0.25, -0.2) is 4.39 Å². The third-order valence-electron chi connectivity index (χ3n) is 2.69. The van der Waals surface area contributed by atoms with E-state index < -0.39 is 0 Å². The lowest BCUT2D eigenvalue weighted by molar-refractivity contribution is 0.631. The zero-order valence-corrected chi connectivity index (χ0v) is 12.6. The van der Waals surface area contributed by atoms with Gasteiger partial charge in [-0.05, 0) is 48.9 Å². The Morgan fingerprint density at radius 3 is 2.58 bits per heavy atom. The van der Waals surface area contributed by atoms with Crippen molar-refractivity contribution in [3.8, 4) is 0 Å². The Labute approximate surface area is 124 Å². The van der Waals surface area contributed by atoms with Crippen LogP contribution in [0.5, 0.6) is 0 Å². The molecule has 2 rings (SSSR count). The van der Waals surface area contributed by atoms with Gasteiger partial charge in [0.05, 0.1) is 5.69 Å². The second kappa shape index (κ2) is 5.67. The van der Waals surface area contributed by atoms with Gasteiger partial charge in [-0.1, -0.05) is 28.1 Å². The van der Waals surface area contributed by atoms with Crippen molar-refractivity contribution in [1.29, 1.82) is 0 Å². The molecule has 0 aromatic heterocycles. The van der Waals surface area contributed by atoms with Crippen LogP contribution in [0, 0.1) is 12.7 Å². The monoisotopic (exact) mass is 338 g/mol. The third kappa shape index (κ3) is 3.30. The molecule has 0 radical (unpaired) electrons. The van der Waals surface area contributed by atoms with Gasteiger partial charge in [-0.2, -0.15) is 0 Å². The van der Waals surface area contributed by atoms with Gasteiger partial charge in [0.1, 0.15) is 10.8 Å². The maximum Gasteiger partial charge on any atom is 0.147 e. The molecule has 0 aliphatic carbocycles. The predicted octanol–water partition coefficient (Wildman–Crippen LogP) is 4.27. The van der Waals surface area contributed by atoms with E-state index in [2.05, 4.69) is 21.2 Å². The number of hydrogen-bond acceptors (Lipinski definition) is 2. The third-order valence-corrected chi connectivity index (χ3v) is 3.82. The molecule has 2 aromatic rings. The minimum Gasteiger partial charge on any atom is -0.389 e. The summed E-state index contributed by atoms with van der Waals surface area (Å²) in [6, 6.07) is 10.4. The lowest BCUT2D eigenvalue weighted by atomic mass is 10.1. The van der Waals surface area contributed by atoms with Crippen LogP contribution in [-0.2, 0) is 0 Å². The molecular formula is C14H12BrFN2S. The summed E-state index contributed by atoms with van der Waals surface area (Å²) in [4.78, 5) is 0.185. The lowest BCUT2D eigenvalue weighted by Crippen LogP contribution is -2.09. The molecule has 0 saturated carbocycles. The molecule has 0 atom stereocenters. The van der Waals surface area contributed by atoms with Crippen LogP contribution in [0.3, 0.4) is 0 Å². The number of thiocarbonyl (C=S) groups is 1. The molecule has 0 saturated heterocycles. The molecule has 0 aliphatic rings. The van der Waals surface area contributed by atoms with Crippen LogP contribution < -0.4 is 11.1 Å². The van der Waals surface area contributed by atoms with Crippen molar-refractivity contribution in [3.63, 3.8) is 0 Å². The van der Waals surface area contributed by atoms with Crippen LogP contribution in [0.2, 0.25) is 0 Å². The first-order valence-corrected chi connectivity index (χ1v) is 6.80. The molecule has 3 N–H and O–H groups in total. The molecule has 2 aromatic carbocycles. The quantitative estimate of drug-likeness (QED) is 0.820. The largest absolute Gasteiger partial charge is 0.389 e. The predicted molar refractivity (Wildman–Crippen MR) is 84.4 cm³/mol. The Balaban J connectivity index is 2.28. The van der Waals surface area contributed by atoms with E-state index in [1.807, 2.05) is 25.1 Å². The van der Waals surface area contributed by atoms with Crippen LogP contribution in [0.1, 0.15) is 11.1 Å². The summed E-state index contributed by atoms with van der Waals surface area (Å²) >= 11 is 8.24. The normalized spacial score (nSPS) is 10.3. The molecule has 0 fully saturated rings. The number of rotatable bonds is 3. The first-order valence-electron chi connectivity index (χ1n) is 5.60. The highest BCUT2D eigenvalue weighted by atomic mass is 79.9. The number of hydrogen-bond donors (Lipinski definition) is 2. The van der Waals surface area contributed by atoms with Gasteiger partial charge in [-0.15, -0.1) is 0 Å². The Morgan fingerprint density at radius 2 is 2.00 bits per heavy atom. The van der Waals surface area contributed by atoms with Crippen molar-refractivity contribution in [3.05, 3.63) is 57.8 Å². The van der Waals surface area contributed by atoms with E-state index in [0.717, 1.165) is 15.7 Å². The van der Waals surface area contributed by atoms with Gasteiger partial charge in [0.15, 0.2) is 0 Å².